The Balaban J connectivity index is 2.25. The summed E-state index contributed by atoms with van der Waals surface area (Å²) in [6.45, 7) is 2.57. The molecule has 0 aromatic heterocycles. The van der Waals surface area contributed by atoms with Crippen LogP contribution in [0.15, 0.2) is 53.4 Å². The fourth-order valence-electron chi connectivity index (χ4n) is 1.78. The normalized spacial score (nSPS) is 11.1. The monoisotopic (exact) mass is 307 g/mol. The van der Waals surface area contributed by atoms with Crippen LogP contribution in [0.5, 0.6) is 11.5 Å². The van der Waals surface area contributed by atoms with Crippen LogP contribution in [0.4, 0.5) is 0 Å². The Kier molecular flexibility index (Phi) is 4.82. The first-order valence-corrected chi connectivity index (χ1v) is 7.86. The van der Waals surface area contributed by atoms with E-state index in [0.29, 0.717) is 18.9 Å². The summed E-state index contributed by atoms with van der Waals surface area (Å²) >= 11 is 0. The minimum Gasteiger partial charge on any atom is -0.492 e. The molecule has 0 unspecified atom stereocenters. The van der Waals surface area contributed by atoms with Gasteiger partial charge in [0, 0.05) is 12.6 Å². The molecule has 21 heavy (non-hydrogen) atoms. The summed E-state index contributed by atoms with van der Waals surface area (Å²) in [5.41, 5.74) is 6.21. The highest BCUT2D eigenvalue weighted by Gasteiger charge is 2.16. The number of benzene rings is 2. The molecule has 0 bridgehead atoms. The Morgan fingerprint density at radius 2 is 1.71 bits per heavy atom. The zero-order chi connectivity index (χ0) is 15.3. The van der Waals surface area contributed by atoms with Crippen LogP contribution in [0.1, 0.15) is 5.56 Å². The van der Waals surface area contributed by atoms with E-state index in [4.69, 9.17) is 14.7 Å². The standard InChI is InChI=1S/C15H17NO4S/c1-12-9-13(19-8-7-16)11-14(10-12)20-21(17,18)15-5-3-2-4-6-15/h2-6,9-11H,7-8,16H2,1H3. The molecular formula is C15H17NO4S. The molecule has 6 heteroatoms. The smallest absolute Gasteiger partial charge is 0.339 e. The summed E-state index contributed by atoms with van der Waals surface area (Å²) < 4.78 is 34.9. The van der Waals surface area contributed by atoms with Crippen LogP contribution in [0.25, 0.3) is 0 Å². The van der Waals surface area contributed by atoms with Crippen LogP contribution in [0.2, 0.25) is 0 Å². The number of nitrogens with two attached hydrogens (primary N) is 1. The van der Waals surface area contributed by atoms with Gasteiger partial charge in [-0.05, 0) is 36.8 Å². The number of ether oxygens (including phenoxy) is 1. The van der Waals surface area contributed by atoms with Crippen molar-refractivity contribution in [3.8, 4) is 11.5 Å². The molecule has 0 heterocycles. The first kappa shape index (κ1) is 15.3. The predicted molar refractivity (Wildman–Crippen MR) is 80.0 cm³/mol. The van der Waals surface area contributed by atoms with Gasteiger partial charge in [-0.25, -0.2) is 0 Å². The third kappa shape index (κ3) is 4.21. The molecule has 0 aliphatic heterocycles. The lowest BCUT2D eigenvalue weighted by atomic mass is 10.2. The highest BCUT2D eigenvalue weighted by molar-refractivity contribution is 7.87. The van der Waals surface area contributed by atoms with Crippen LogP contribution >= 0.6 is 0 Å². The van der Waals surface area contributed by atoms with Crippen LogP contribution in [-0.4, -0.2) is 21.6 Å². The highest BCUT2D eigenvalue weighted by atomic mass is 32.2. The summed E-state index contributed by atoms with van der Waals surface area (Å²) in [6.07, 6.45) is 0. The maximum atomic E-state index is 12.2. The van der Waals surface area contributed by atoms with Gasteiger partial charge in [0.15, 0.2) is 0 Å². The van der Waals surface area contributed by atoms with Gasteiger partial charge >= 0.3 is 10.1 Å². The highest BCUT2D eigenvalue weighted by Crippen LogP contribution is 2.25. The van der Waals surface area contributed by atoms with Gasteiger partial charge in [-0.2, -0.15) is 8.42 Å². The SMILES string of the molecule is Cc1cc(OCCN)cc(OS(=O)(=O)c2ccccc2)c1. The Bertz CT molecular complexity index is 699. The van der Waals surface area contributed by atoms with Crippen molar-refractivity contribution in [3.63, 3.8) is 0 Å². The number of rotatable bonds is 6. The zero-order valence-corrected chi connectivity index (χ0v) is 12.5. The van der Waals surface area contributed by atoms with E-state index in [1.165, 1.54) is 18.2 Å². The second kappa shape index (κ2) is 6.60. The predicted octanol–water partition coefficient (Wildman–Crippen LogP) is 2.10. The molecule has 0 saturated carbocycles. The van der Waals surface area contributed by atoms with Crippen LogP contribution in [0, 0.1) is 6.92 Å². The lowest BCUT2D eigenvalue weighted by molar-refractivity contribution is 0.327. The summed E-state index contributed by atoms with van der Waals surface area (Å²) in [4.78, 5) is 0.107. The first-order chi connectivity index (χ1) is 10.0. The molecule has 5 nitrogen and oxygen atoms in total. The van der Waals surface area contributed by atoms with Crippen LogP contribution < -0.4 is 14.7 Å². The second-order valence-corrected chi connectivity index (χ2v) is 6.02. The van der Waals surface area contributed by atoms with E-state index in [2.05, 4.69) is 0 Å². The van der Waals surface area contributed by atoms with Crippen LogP contribution in [-0.2, 0) is 10.1 Å². The summed E-state index contributed by atoms with van der Waals surface area (Å²) in [6, 6.07) is 12.9. The van der Waals surface area contributed by atoms with Gasteiger partial charge in [0.1, 0.15) is 23.0 Å². The second-order valence-electron chi connectivity index (χ2n) is 4.47. The molecule has 0 spiro atoms. The van der Waals surface area contributed by atoms with E-state index in [9.17, 15) is 8.42 Å². The Labute approximate surface area is 124 Å². The van der Waals surface area contributed by atoms with Gasteiger partial charge in [0.2, 0.25) is 0 Å². The maximum absolute atomic E-state index is 12.2. The summed E-state index contributed by atoms with van der Waals surface area (Å²) in [7, 11) is -3.85. The molecular weight excluding hydrogens is 290 g/mol. The van der Waals surface area contributed by atoms with Crippen molar-refractivity contribution >= 4 is 10.1 Å². The zero-order valence-electron chi connectivity index (χ0n) is 11.7. The molecule has 2 aromatic carbocycles. The minimum atomic E-state index is -3.85. The maximum Gasteiger partial charge on any atom is 0.339 e. The summed E-state index contributed by atoms with van der Waals surface area (Å²) in [5.74, 6) is 0.740. The average Bonchev–Trinajstić information content (AvgIpc) is 2.45. The third-order valence-corrected chi connectivity index (χ3v) is 3.91. The van der Waals surface area contributed by atoms with Crippen molar-refractivity contribution in [1.29, 1.82) is 0 Å². The van der Waals surface area contributed by atoms with Crippen molar-refractivity contribution < 1.29 is 17.3 Å². The van der Waals surface area contributed by atoms with Crippen LogP contribution in [0.3, 0.4) is 0 Å². The molecule has 0 saturated heterocycles. The fourth-order valence-corrected chi connectivity index (χ4v) is 2.72. The van der Waals surface area contributed by atoms with Crippen molar-refractivity contribution in [1.82, 2.24) is 0 Å². The quantitative estimate of drug-likeness (QED) is 0.827. The van der Waals surface area contributed by atoms with Crippen molar-refractivity contribution in [2.45, 2.75) is 11.8 Å². The molecule has 0 aliphatic rings. The van der Waals surface area contributed by atoms with Gasteiger partial charge in [0.05, 0.1) is 0 Å². The Morgan fingerprint density at radius 1 is 1.05 bits per heavy atom. The third-order valence-electron chi connectivity index (χ3n) is 2.65. The van der Waals surface area contributed by atoms with Gasteiger partial charge in [-0.1, -0.05) is 18.2 Å². The van der Waals surface area contributed by atoms with E-state index in [1.807, 2.05) is 6.92 Å². The molecule has 112 valence electrons. The Morgan fingerprint density at radius 3 is 2.38 bits per heavy atom. The molecule has 0 aliphatic carbocycles. The largest absolute Gasteiger partial charge is 0.492 e. The van der Waals surface area contributed by atoms with Gasteiger partial charge in [-0.3, -0.25) is 0 Å². The number of hydrogen-bond donors (Lipinski definition) is 1. The first-order valence-electron chi connectivity index (χ1n) is 6.45. The molecule has 0 amide bonds. The lowest BCUT2D eigenvalue weighted by Gasteiger charge is -2.10. The molecule has 2 aromatic rings. The van der Waals surface area contributed by atoms with E-state index in [-0.39, 0.29) is 10.6 Å². The van der Waals surface area contributed by atoms with Gasteiger partial charge in [0.25, 0.3) is 0 Å². The minimum absolute atomic E-state index is 0.107. The molecule has 0 radical (unpaired) electrons. The lowest BCUT2D eigenvalue weighted by Crippen LogP contribution is -2.12. The average molecular weight is 307 g/mol. The van der Waals surface area contributed by atoms with Crippen molar-refractivity contribution in [3.05, 3.63) is 54.1 Å². The van der Waals surface area contributed by atoms with Crippen molar-refractivity contribution in [2.75, 3.05) is 13.2 Å². The van der Waals surface area contributed by atoms with E-state index in [1.54, 1.807) is 30.3 Å². The van der Waals surface area contributed by atoms with E-state index < -0.39 is 10.1 Å². The number of hydrogen-bond acceptors (Lipinski definition) is 5. The number of aryl methyl sites for hydroxylation is 1. The Hall–Kier alpha value is -2.05. The molecule has 2 rings (SSSR count). The molecule has 0 atom stereocenters. The van der Waals surface area contributed by atoms with E-state index in [0.717, 1.165) is 5.56 Å². The van der Waals surface area contributed by atoms with Gasteiger partial charge < -0.3 is 14.7 Å². The topological polar surface area (TPSA) is 78.6 Å². The fraction of sp³-hybridized carbons (Fsp3) is 0.200. The summed E-state index contributed by atoms with van der Waals surface area (Å²) in [5, 5.41) is 0. The van der Waals surface area contributed by atoms with Crippen molar-refractivity contribution in [2.24, 2.45) is 5.73 Å². The molecule has 2 N–H and O–H groups in total. The van der Waals surface area contributed by atoms with Gasteiger partial charge in [-0.15, -0.1) is 0 Å². The van der Waals surface area contributed by atoms with E-state index >= 15 is 0 Å². The molecule has 0 fully saturated rings.